The summed E-state index contributed by atoms with van der Waals surface area (Å²) in [5.74, 6) is 0.636. The van der Waals surface area contributed by atoms with Gasteiger partial charge in [0.05, 0.1) is 5.69 Å². The second-order valence-corrected chi connectivity index (χ2v) is 7.45. The van der Waals surface area contributed by atoms with E-state index in [0.717, 1.165) is 22.4 Å². The molecule has 6 heteroatoms. The van der Waals surface area contributed by atoms with Gasteiger partial charge in [-0.15, -0.1) is 11.3 Å². The third kappa shape index (κ3) is 4.70. The summed E-state index contributed by atoms with van der Waals surface area (Å²) in [6.45, 7) is 6.81. The van der Waals surface area contributed by atoms with Crippen LogP contribution in [-0.4, -0.2) is 29.3 Å². The minimum absolute atomic E-state index is 0.297. The van der Waals surface area contributed by atoms with Gasteiger partial charge in [-0.3, -0.25) is 0 Å². The monoisotopic (exact) mass is 397 g/mol. The van der Waals surface area contributed by atoms with E-state index in [0.29, 0.717) is 41.0 Å². The normalized spacial score (nSPS) is 10.7. The number of carboxylic acid groups (broad SMARTS) is 1. The first-order valence-electron chi connectivity index (χ1n) is 9.14. The zero-order valence-electron chi connectivity index (χ0n) is 16.2. The standard InChI is InChI=1S/C22H23NO4S/c1-4-18-20(22(24)25)28-21(23-18)16-6-5-7-17(13-16)26-10-11-27-19-12-14(2)8-9-15(19)3/h5-9,12-13H,4,10-11H2,1-3H3,(H,24,25). The number of benzene rings is 2. The molecule has 0 fully saturated rings. The minimum atomic E-state index is -0.934. The smallest absolute Gasteiger partial charge is 0.347 e. The number of aryl methyl sites for hydroxylation is 3. The van der Waals surface area contributed by atoms with Crippen LogP contribution < -0.4 is 9.47 Å². The predicted molar refractivity (Wildman–Crippen MR) is 111 cm³/mol. The molecule has 0 spiro atoms. The summed E-state index contributed by atoms with van der Waals surface area (Å²) >= 11 is 1.19. The average Bonchev–Trinajstić information content (AvgIpc) is 3.13. The number of thiazole rings is 1. The van der Waals surface area contributed by atoms with E-state index in [1.54, 1.807) is 0 Å². The van der Waals surface area contributed by atoms with Crippen LogP contribution in [0.25, 0.3) is 10.6 Å². The second kappa shape index (κ2) is 8.89. The SMILES string of the molecule is CCc1nc(-c2cccc(OCCOc3cc(C)ccc3C)c2)sc1C(=O)O. The molecule has 146 valence electrons. The summed E-state index contributed by atoms with van der Waals surface area (Å²) in [6, 6.07) is 13.6. The van der Waals surface area contributed by atoms with Crippen molar-refractivity contribution in [2.75, 3.05) is 13.2 Å². The average molecular weight is 397 g/mol. The zero-order chi connectivity index (χ0) is 20.1. The third-order valence-corrected chi connectivity index (χ3v) is 5.40. The minimum Gasteiger partial charge on any atom is -0.490 e. The maximum absolute atomic E-state index is 11.4. The van der Waals surface area contributed by atoms with Gasteiger partial charge in [0.25, 0.3) is 0 Å². The van der Waals surface area contributed by atoms with E-state index in [4.69, 9.17) is 9.47 Å². The topological polar surface area (TPSA) is 68.7 Å². The first kappa shape index (κ1) is 19.9. The Balaban J connectivity index is 1.64. The van der Waals surface area contributed by atoms with E-state index in [2.05, 4.69) is 11.1 Å². The summed E-state index contributed by atoms with van der Waals surface area (Å²) in [5.41, 5.74) is 3.71. The molecule has 3 aromatic rings. The van der Waals surface area contributed by atoms with Gasteiger partial charge in [-0.05, 0) is 49.6 Å². The lowest BCUT2D eigenvalue weighted by atomic mass is 10.1. The fraction of sp³-hybridized carbons (Fsp3) is 0.273. The van der Waals surface area contributed by atoms with Crippen molar-refractivity contribution in [3.63, 3.8) is 0 Å². The van der Waals surface area contributed by atoms with Crippen LogP contribution in [0.5, 0.6) is 11.5 Å². The third-order valence-electron chi connectivity index (χ3n) is 4.26. The van der Waals surface area contributed by atoms with Gasteiger partial charge >= 0.3 is 5.97 Å². The largest absolute Gasteiger partial charge is 0.490 e. The summed E-state index contributed by atoms with van der Waals surface area (Å²) < 4.78 is 11.6. The molecule has 0 saturated carbocycles. The number of ether oxygens (including phenoxy) is 2. The molecule has 0 radical (unpaired) electrons. The molecule has 1 aromatic heterocycles. The number of rotatable bonds is 8. The molecule has 0 unspecified atom stereocenters. The zero-order valence-corrected chi connectivity index (χ0v) is 17.0. The Bertz CT molecular complexity index is 980. The van der Waals surface area contributed by atoms with Crippen LogP contribution in [0, 0.1) is 13.8 Å². The molecule has 0 amide bonds. The maximum atomic E-state index is 11.4. The Morgan fingerprint density at radius 3 is 2.61 bits per heavy atom. The number of hydrogen-bond acceptors (Lipinski definition) is 5. The molecule has 0 aliphatic carbocycles. The van der Waals surface area contributed by atoms with Gasteiger partial charge in [0.1, 0.15) is 34.6 Å². The van der Waals surface area contributed by atoms with E-state index in [1.165, 1.54) is 11.3 Å². The van der Waals surface area contributed by atoms with Crippen LogP contribution in [0.3, 0.4) is 0 Å². The first-order valence-corrected chi connectivity index (χ1v) is 9.96. The van der Waals surface area contributed by atoms with E-state index in [-0.39, 0.29) is 0 Å². The molecule has 5 nitrogen and oxygen atoms in total. The van der Waals surface area contributed by atoms with Gasteiger partial charge in [-0.1, -0.05) is 31.2 Å². The van der Waals surface area contributed by atoms with Gasteiger partial charge < -0.3 is 14.6 Å². The van der Waals surface area contributed by atoms with Crippen molar-refractivity contribution < 1.29 is 19.4 Å². The van der Waals surface area contributed by atoms with Gasteiger partial charge in [0, 0.05) is 5.56 Å². The molecule has 0 aliphatic heterocycles. The van der Waals surface area contributed by atoms with Crippen molar-refractivity contribution in [1.29, 1.82) is 0 Å². The highest BCUT2D eigenvalue weighted by Gasteiger charge is 2.17. The Kier molecular flexibility index (Phi) is 6.31. The second-order valence-electron chi connectivity index (χ2n) is 6.45. The molecule has 1 N–H and O–H groups in total. The van der Waals surface area contributed by atoms with Crippen molar-refractivity contribution >= 4 is 17.3 Å². The Hall–Kier alpha value is -2.86. The highest BCUT2D eigenvalue weighted by Crippen LogP contribution is 2.30. The number of carboxylic acids is 1. The van der Waals surface area contributed by atoms with Gasteiger partial charge in [-0.25, -0.2) is 9.78 Å². The van der Waals surface area contributed by atoms with E-state index < -0.39 is 5.97 Å². The lowest BCUT2D eigenvalue weighted by molar-refractivity contribution is 0.0701. The summed E-state index contributed by atoms with van der Waals surface area (Å²) in [5, 5.41) is 10.0. The number of hydrogen-bond donors (Lipinski definition) is 1. The molecule has 3 rings (SSSR count). The van der Waals surface area contributed by atoms with Crippen LogP contribution in [0.4, 0.5) is 0 Å². The summed E-state index contributed by atoms with van der Waals surface area (Å²) in [4.78, 5) is 16.1. The highest BCUT2D eigenvalue weighted by atomic mass is 32.1. The van der Waals surface area contributed by atoms with Crippen molar-refractivity contribution in [2.45, 2.75) is 27.2 Å². The van der Waals surface area contributed by atoms with Crippen molar-refractivity contribution in [1.82, 2.24) is 4.98 Å². The van der Waals surface area contributed by atoms with E-state index in [1.807, 2.05) is 57.2 Å². The lowest BCUT2D eigenvalue weighted by Gasteiger charge is -2.11. The number of carbonyl (C=O) groups is 1. The van der Waals surface area contributed by atoms with Crippen molar-refractivity contribution in [2.24, 2.45) is 0 Å². The van der Waals surface area contributed by atoms with Gasteiger partial charge in [-0.2, -0.15) is 0 Å². The number of aromatic carboxylic acids is 1. The molecule has 0 bridgehead atoms. The molecule has 0 saturated heterocycles. The van der Waals surface area contributed by atoms with Crippen molar-refractivity contribution in [3.8, 4) is 22.1 Å². The fourth-order valence-electron chi connectivity index (χ4n) is 2.77. The number of aromatic nitrogens is 1. The predicted octanol–water partition coefficient (Wildman–Crippen LogP) is 5.15. The van der Waals surface area contributed by atoms with Crippen LogP contribution in [0.1, 0.15) is 33.4 Å². The van der Waals surface area contributed by atoms with Gasteiger partial charge in [0.2, 0.25) is 0 Å². The highest BCUT2D eigenvalue weighted by molar-refractivity contribution is 7.17. The molecule has 0 aliphatic rings. The fourth-order valence-corrected chi connectivity index (χ4v) is 3.76. The molecular formula is C22H23NO4S. The van der Waals surface area contributed by atoms with Crippen LogP contribution >= 0.6 is 11.3 Å². The lowest BCUT2D eigenvalue weighted by Crippen LogP contribution is -2.09. The van der Waals surface area contributed by atoms with Gasteiger partial charge in [0.15, 0.2) is 0 Å². The molecule has 28 heavy (non-hydrogen) atoms. The molecule has 0 atom stereocenters. The van der Waals surface area contributed by atoms with Crippen molar-refractivity contribution in [3.05, 3.63) is 64.2 Å². The molecule has 1 heterocycles. The van der Waals surface area contributed by atoms with Crippen LogP contribution in [0.2, 0.25) is 0 Å². The summed E-state index contributed by atoms with van der Waals surface area (Å²) in [6.07, 6.45) is 0.587. The van der Waals surface area contributed by atoms with E-state index in [9.17, 15) is 9.90 Å². The maximum Gasteiger partial charge on any atom is 0.347 e. The Labute approximate surface area is 168 Å². The quantitative estimate of drug-likeness (QED) is 0.533. The molecular weight excluding hydrogens is 374 g/mol. The van der Waals surface area contributed by atoms with E-state index >= 15 is 0 Å². The van der Waals surface area contributed by atoms with Crippen LogP contribution in [0.15, 0.2) is 42.5 Å². The Morgan fingerprint density at radius 2 is 1.89 bits per heavy atom. The first-order chi connectivity index (χ1) is 13.5. The number of nitrogens with zero attached hydrogens (tertiary/aromatic N) is 1. The Morgan fingerprint density at radius 1 is 1.11 bits per heavy atom. The molecule has 2 aromatic carbocycles. The van der Waals surface area contributed by atoms with Crippen LogP contribution in [-0.2, 0) is 6.42 Å². The summed E-state index contributed by atoms with van der Waals surface area (Å²) in [7, 11) is 0.